The maximum atomic E-state index is 13.0. The third-order valence-electron chi connectivity index (χ3n) is 3.43. The molecular weight excluding hydrogens is 371 g/mol. The van der Waals surface area contributed by atoms with E-state index in [1.54, 1.807) is 36.4 Å². The van der Waals surface area contributed by atoms with Crippen LogP contribution in [0.3, 0.4) is 0 Å². The molecule has 0 aliphatic carbocycles. The predicted molar refractivity (Wildman–Crippen MR) is 104 cm³/mol. The molecule has 0 aliphatic rings. The molecule has 0 bridgehead atoms. The van der Waals surface area contributed by atoms with Crippen molar-refractivity contribution in [2.75, 3.05) is 11.1 Å². The van der Waals surface area contributed by atoms with Crippen LogP contribution in [0.2, 0.25) is 0 Å². The van der Waals surface area contributed by atoms with Crippen molar-refractivity contribution in [2.45, 2.75) is 5.75 Å². The molecule has 1 heterocycles. The van der Waals surface area contributed by atoms with Gasteiger partial charge in [0.15, 0.2) is 0 Å². The predicted octanol–water partition coefficient (Wildman–Crippen LogP) is 4.63. The van der Waals surface area contributed by atoms with Crippen LogP contribution in [0.25, 0.3) is 10.6 Å². The summed E-state index contributed by atoms with van der Waals surface area (Å²) in [7, 11) is 0. The lowest BCUT2D eigenvalue weighted by atomic mass is 10.2. The van der Waals surface area contributed by atoms with Crippen molar-refractivity contribution in [3.05, 3.63) is 71.0 Å². The molecule has 0 aliphatic heterocycles. The molecule has 7 heteroatoms. The first-order valence-corrected chi connectivity index (χ1v) is 9.80. The number of hydrogen-bond acceptors (Lipinski definition) is 5. The van der Waals surface area contributed by atoms with Crippen molar-refractivity contribution in [1.82, 2.24) is 4.98 Å². The molecule has 0 unspecified atom stereocenters. The van der Waals surface area contributed by atoms with Gasteiger partial charge < -0.3 is 5.32 Å². The van der Waals surface area contributed by atoms with Gasteiger partial charge in [0.2, 0.25) is 5.91 Å². The number of rotatable bonds is 7. The summed E-state index contributed by atoms with van der Waals surface area (Å²) in [6.45, 7) is 0. The average Bonchev–Trinajstić information content (AvgIpc) is 3.11. The van der Waals surface area contributed by atoms with Crippen LogP contribution < -0.4 is 5.32 Å². The maximum Gasteiger partial charge on any atom is 0.234 e. The summed E-state index contributed by atoms with van der Waals surface area (Å²) in [5.74, 6) is 0.492. The van der Waals surface area contributed by atoms with E-state index in [0.717, 1.165) is 22.6 Å². The van der Waals surface area contributed by atoms with Gasteiger partial charge in [-0.3, -0.25) is 9.59 Å². The van der Waals surface area contributed by atoms with Gasteiger partial charge in [-0.15, -0.1) is 23.1 Å². The number of carbonyl (C=O) groups excluding carboxylic acids is 2. The Morgan fingerprint density at radius 2 is 2.04 bits per heavy atom. The Labute approximate surface area is 158 Å². The Balaban J connectivity index is 1.49. The van der Waals surface area contributed by atoms with Gasteiger partial charge in [-0.25, -0.2) is 9.37 Å². The second-order valence-corrected chi connectivity index (χ2v) is 7.28. The fourth-order valence-corrected chi connectivity index (χ4v) is 3.88. The van der Waals surface area contributed by atoms with Crippen LogP contribution >= 0.6 is 23.1 Å². The Kier molecular flexibility index (Phi) is 6.14. The summed E-state index contributed by atoms with van der Waals surface area (Å²) in [6, 6.07) is 13.0. The largest absolute Gasteiger partial charge is 0.325 e. The SMILES string of the molecule is O=Cc1cccc(NC(=O)CSCc2csc(-c3ccc(F)cc3)n2)c1. The highest BCUT2D eigenvalue weighted by Crippen LogP contribution is 2.25. The number of anilines is 1. The number of thioether (sulfide) groups is 1. The molecule has 0 atom stereocenters. The van der Waals surface area contributed by atoms with Crippen LogP contribution in [0, 0.1) is 5.82 Å². The third-order valence-corrected chi connectivity index (χ3v) is 5.34. The Morgan fingerprint density at radius 1 is 1.23 bits per heavy atom. The number of aromatic nitrogens is 1. The van der Waals surface area contributed by atoms with Crippen molar-refractivity contribution >= 4 is 41.0 Å². The molecule has 1 aromatic heterocycles. The van der Waals surface area contributed by atoms with Gasteiger partial charge >= 0.3 is 0 Å². The van der Waals surface area contributed by atoms with E-state index in [9.17, 15) is 14.0 Å². The van der Waals surface area contributed by atoms with Crippen LogP contribution in [0.4, 0.5) is 10.1 Å². The van der Waals surface area contributed by atoms with E-state index < -0.39 is 0 Å². The summed E-state index contributed by atoms with van der Waals surface area (Å²) < 4.78 is 13.0. The zero-order valence-electron chi connectivity index (χ0n) is 13.6. The van der Waals surface area contributed by atoms with Gasteiger partial charge in [-0.2, -0.15) is 0 Å². The van der Waals surface area contributed by atoms with Crippen molar-refractivity contribution < 1.29 is 14.0 Å². The van der Waals surface area contributed by atoms with Gasteiger partial charge in [-0.05, 0) is 36.4 Å². The van der Waals surface area contributed by atoms with Crippen molar-refractivity contribution in [1.29, 1.82) is 0 Å². The zero-order valence-corrected chi connectivity index (χ0v) is 15.3. The Morgan fingerprint density at radius 3 is 2.81 bits per heavy atom. The van der Waals surface area contributed by atoms with Crippen molar-refractivity contribution in [3.63, 3.8) is 0 Å². The second kappa shape index (κ2) is 8.73. The highest BCUT2D eigenvalue weighted by molar-refractivity contribution is 7.99. The number of nitrogens with zero attached hydrogens (tertiary/aromatic N) is 1. The summed E-state index contributed by atoms with van der Waals surface area (Å²) in [4.78, 5) is 27.3. The molecule has 132 valence electrons. The lowest BCUT2D eigenvalue weighted by Crippen LogP contribution is -2.14. The topological polar surface area (TPSA) is 59.1 Å². The molecule has 0 saturated carbocycles. The van der Waals surface area contributed by atoms with Gasteiger partial charge in [0.25, 0.3) is 0 Å². The minimum Gasteiger partial charge on any atom is -0.325 e. The monoisotopic (exact) mass is 386 g/mol. The smallest absolute Gasteiger partial charge is 0.234 e. The number of carbonyl (C=O) groups is 2. The van der Waals surface area contributed by atoms with Crippen LogP contribution in [0.1, 0.15) is 16.1 Å². The quantitative estimate of drug-likeness (QED) is 0.601. The number of hydrogen-bond donors (Lipinski definition) is 1. The minimum atomic E-state index is -0.272. The number of amides is 1. The normalized spacial score (nSPS) is 10.5. The van der Waals surface area contributed by atoms with E-state index in [1.165, 1.54) is 35.2 Å². The molecule has 0 fully saturated rings. The van der Waals surface area contributed by atoms with E-state index >= 15 is 0 Å². The van der Waals surface area contributed by atoms with Gasteiger partial charge in [0, 0.05) is 27.9 Å². The van der Waals surface area contributed by atoms with Gasteiger partial charge in [-0.1, -0.05) is 12.1 Å². The van der Waals surface area contributed by atoms with E-state index in [-0.39, 0.29) is 17.5 Å². The Hall–Kier alpha value is -2.51. The summed E-state index contributed by atoms with van der Waals surface area (Å²) >= 11 is 2.95. The van der Waals surface area contributed by atoms with E-state index in [4.69, 9.17) is 0 Å². The number of aldehydes is 1. The fourth-order valence-electron chi connectivity index (χ4n) is 2.23. The molecule has 1 N–H and O–H groups in total. The first kappa shape index (κ1) is 18.3. The molecule has 0 saturated heterocycles. The number of benzene rings is 2. The first-order chi connectivity index (χ1) is 12.6. The molecule has 1 amide bonds. The Bertz CT molecular complexity index is 910. The number of thiazole rings is 1. The summed E-state index contributed by atoms with van der Waals surface area (Å²) in [6.07, 6.45) is 0.741. The van der Waals surface area contributed by atoms with E-state index in [0.29, 0.717) is 17.0 Å². The second-order valence-electron chi connectivity index (χ2n) is 5.44. The maximum absolute atomic E-state index is 13.0. The first-order valence-electron chi connectivity index (χ1n) is 7.77. The highest BCUT2D eigenvalue weighted by atomic mass is 32.2. The number of halogens is 1. The summed E-state index contributed by atoms with van der Waals surface area (Å²) in [5, 5.41) is 5.54. The molecular formula is C19H15FN2O2S2. The standard InChI is InChI=1S/C19H15FN2O2S2/c20-15-6-4-14(5-7-15)19-22-17(11-26-19)10-25-12-18(24)21-16-3-1-2-13(8-16)9-23/h1-9,11H,10,12H2,(H,21,24). The van der Waals surface area contributed by atoms with Crippen molar-refractivity contribution in [2.24, 2.45) is 0 Å². The molecule has 3 rings (SSSR count). The van der Waals surface area contributed by atoms with E-state index in [2.05, 4.69) is 10.3 Å². The van der Waals surface area contributed by atoms with Crippen LogP contribution in [-0.2, 0) is 10.5 Å². The van der Waals surface area contributed by atoms with Crippen LogP contribution in [-0.4, -0.2) is 22.9 Å². The van der Waals surface area contributed by atoms with Crippen LogP contribution in [0.15, 0.2) is 53.9 Å². The lowest BCUT2D eigenvalue weighted by molar-refractivity contribution is -0.113. The molecule has 0 spiro atoms. The lowest BCUT2D eigenvalue weighted by Gasteiger charge is -2.05. The molecule has 2 aromatic carbocycles. The minimum absolute atomic E-state index is 0.132. The summed E-state index contributed by atoms with van der Waals surface area (Å²) in [5.41, 5.74) is 2.88. The molecule has 3 aromatic rings. The molecule has 0 radical (unpaired) electrons. The van der Waals surface area contributed by atoms with Crippen LogP contribution in [0.5, 0.6) is 0 Å². The fraction of sp³-hybridized carbons (Fsp3) is 0.105. The average molecular weight is 386 g/mol. The van der Waals surface area contributed by atoms with E-state index in [1.807, 2.05) is 5.38 Å². The third kappa shape index (κ3) is 5.00. The highest BCUT2D eigenvalue weighted by Gasteiger charge is 2.07. The van der Waals surface area contributed by atoms with Gasteiger partial charge in [0.1, 0.15) is 17.1 Å². The molecule has 4 nitrogen and oxygen atoms in total. The number of nitrogens with one attached hydrogen (secondary N) is 1. The zero-order chi connectivity index (χ0) is 18.4. The van der Waals surface area contributed by atoms with Gasteiger partial charge in [0.05, 0.1) is 11.4 Å². The van der Waals surface area contributed by atoms with Crippen molar-refractivity contribution in [3.8, 4) is 10.6 Å². The molecule has 26 heavy (non-hydrogen) atoms.